The van der Waals surface area contributed by atoms with Crippen molar-refractivity contribution in [2.24, 2.45) is 11.1 Å². The van der Waals surface area contributed by atoms with Crippen LogP contribution >= 0.6 is 0 Å². The Morgan fingerprint density at radius 3 is 2.27 bits per heavy atom. The van der Waals surface area contributed by atoms with Gasteiger partial charge in [-0.25, -0.2) is 0 Å². The summed E-state index contributed by atoms with van der Waals surface area (Å²) in [7, 11) is 5.76. The Morgan fingerprint density at radius 1 is 1.55 bits per heavy atom. The summed E-state index contributed by atoms with van der Waals surface area (Å²) in [5, 5.41) is 0. The zero-order chi connectivity index (χ0) is 9.07. The average Bonchev–Trinajstić information content (AvgIpc) is 2.01. The number of nitrogens with two attached hydrogens (primary N) is 1. The summed E-state index contributed by atoms with van der Waals surface area (Å²) in [6, 6.07) is 0.331. The van der Waals surface area contributed by atoms with Gasteiger partial charge in [0.05, 0.1) is 0 Å². The van der Waals surface area contributed by atoms with Crippen LogP contribution in [0.1, 0.15) is 27.7 Å². The van der Waals surface area contributed by atoms with Gasteiger partial charge in [-0.1, -0.05) is 20.8 Å². The highest BCUT2D eigenvalue weighted by atomic mass is 15.1. The van der Waals surface area contributed by atoms with Crippen molar-refractivity contribution >= 4 is 7.98 Å². The van der Waals surface area contributed by atoms with Gasteiger partial charge >= 0.3 is 0 Å². The second-order valence-electron chi connectivity index (χ2n) is 3.70. The fourth-order valence-electron chi connectivity index (χ4n) is 0.893. The Bertz CT molecular complexity index is 115. The molecule has 0 aromatic heterocycles. The fourth-order valence-corrected chi connectivity index (χ4v) is 0.893. The molecular weight excluding hydrogens is 135 g/mol. The fraction of sp³-hybridized carbons (Fsp3) is 1.00. The lowest BCUT2D eigenvalue weighted by molar-refractivity contribution is 0.190. The molecule has 0 spiro atoms. The van der Waals surface area contributed by atoms with E-state index < -0.39 is 0 Å². The predicted molar refractivity (Wildman–Crippen MR) is 50.4 cm³/mol. The molecule has 11 heavy (non-hydrogen) atoms. The summed E-state index contributed by atoms with van der Waals surface area (Å²) < 4.78 is 0. The van der Waals surface area contributed by atoms with Crippen LogP contribution in [0.4, 0.5) is 0 Å². The molecule has 64 valence electrons. The van der Waals surface area contributed by atoms with Crippen LogP contribution in [0.15, 0.2) is 0 Å². The molecule has 1 unspecified atom stereocenters. The summed E-state index contributed by atoms with van der Waals surface area (Å²) in [5.74, 6) is 0. The van der Waals surface area contributed by atoms with E-state index in [1.165, 1.54) is 0 Å². The topological polar surface area (TPSA) is 29.3 Å². The van der Waals surface area contributed by atoms with Crippen LogP contribution in [0, 0.1) is 5.41 Å². The van der Waals surface area contributed by atoms with Crippen molar-refractivity contribution in [1.29, 1.82) is 0 Å². The van der Waals surface area contributed by atoms with Crippen molar-refractivity contribution in [3.8, 4) is 0 Å². The first-order valence-corrected chi connectivity index (χ1v) is 4.17. The van der Waals surface area contributed by atoms with E-state index in [4.69, 9.17) is 13.7 Å². The van der Waals surface area contributed by atoms with Gasteiger partial charge in [-0.3, -0.25) is 0 Å². The molecule has 0 rings (SSSR count). The van der Waals surface area contributed by atoms with Crippen molar-refractivity contribution in [3.05, 3.63) is 0 Å². The minimum absolute atomic E-state index is 0.102. The molecule has 0 aliphatic heterocycles. The van der Waals surface area contributed by atoms with Crippen LogP contribution in [0.25, 0.3) is 0 Å². The van der Waals surface area contributed by atoms with Crippen molar-refractivity contribution in [1.82, 2.24) is 4.81 Å². The second kappa shape index (κ2) is 4.12. The van der Waals surface area contributed by atoms with Crippen LogP contribution in [0.3, 0.4) is 0 Å². The highest BCUT2D eigenvalue weighted by Crippen LogP contribution is 2.21. The molecule has 0 saturated heterocycles. The van der Waals surface area contributed by atoms with E-state index in [1.54, 1.807) is 0 Å². The first kappa shape index (κ1) is 11.0. The molecule has 0 aromatic rings. The second-order valence-corrected chi connectivity index (χ2v) is 3.70. The zero-order valence-electron chi connectivity index (χ0n) is 8.09. The molecule has 2 radical (unpaired) electrons. The summed E-state index contributed by atoms with van der Waals surface area (Å²) in [4.78, 5) is 1.83. The maximum absolute atomic E-state index is 5.76. The van der Waals surface area contributed by atoms with E-state index in [0.717, 1.165) is 6.54 Å². The summed E-state index contributed by atoms with van der Waals surface area (Å²) >= 11 is 0. The number of hydrogen-bond acceptors (Lipinski definition) is 2. The van der Waals surface area contributed by atoms with Gasteiger partial charge in [0.2, 0.25) is 0 Å². The van der Waals surface area contributed by atoms with Gasteiger partial charge in [-0.2, -0.15) is 0 Å². The molecule has 2 nitrogen and oxygen atoms in total. The molecule has 3 heteroatoms. The van der Waals surface area contributed by atoms with E-state index in [0.29, 0.717) is 12.6 Å². The van der Waals surface area contributed by atoms with Crippen LogP contribution in [0.2, 0.25) is 0 Å². The number of rotatable bonds is 4. The average molecular weight is 154 g/mol. The molecular formula is C8H19BN2. The molecule has 0 aromatic carbocycles. The molecule has 0 bridgehead atoms. The Balaban J connectivity index is 4.10. The van der Waals surface area contributed by atoms with Gasteiger partial charge in [-0.05, 0) is 25.4 Å². The normalized spacial score (nSPS) is 15.5. The van der Waals surface area contributed by atoms with Crippen LogP contribution in [0.5, 0.6) is 0 Å². The van der Waals surface area contributed by atoms with Crippen molar-refractivity contribution in [2.45, 2.75) is 33.7 Å². The number of nitrogens with zero attached hydrogens (tertiary/aromatic N) is 1. The van der Waals surface area contributed by atoms with Crippen molar-refractivity contribution in [3.63, 3.8) is 0 Å². The van der Waals surface area contributed by atoms with E-state index in [-0.39, 0.29) is 5.41 Å². The smallest absolute Gasteiger partial charge is 0.182 e. The van der Waals surface area contributed by atoms with Gasteiger partial charge in [0.25, 0.3) is 0 Å². The summed E-state index contributed by atoms with van der Waals surface area (Å²) in [6.07, 6.45) is 0. The van der Waals surface area contributed by atoms with E-state index in [2.05, 4.69) is 20.8 Å². The molecule has 0 fully saturated rings. The van der Waals surface area contributed by atoms with Gasteiger partial charge in [0.1, 0.15) is 0 Å². The van der Waals surface area contributed by atoms with Gasteiger partial charge < -0.3 is 10.5 Å². The van der Waals surface area contributed by atoms with Crippen LogP contribution in [-0.4, -0.2) is 31.9 Å². The lowest BCUT2D eigenvalue weighted by Gasteiger charge is -2.37. The SMILES string of the molecule is [B]N(CC)C(C)C(C)(C)CN. The minimum Gasteiger partial charge on any atom is -0.351 e. The minimum atomic E-state index is 0.102. The molecule has 0 amide bonds. The first-order chi connectivity index (χ1) is 4.95. The standard InChI is InChI=1S/C8H19BN2/c1-5-11(9)7(2)8(3,4)6-10/h7H,5-6,10H2,1-4H3. The molecule has 2 N–H and O–H groups in total. The molecule has 1 atom stereocenters. The van der Waals surface area contributed by atoms with Gasteiger partial charge in [0, 0.05) is 6.04 Å². The van der Waals surface area contributed by atoms with Crippen molar-refractivity contribution < 1.29 is 0 Å². The predicted octanol–water partition coefficient (Wildman–Crippen LogP) is 0.765. The first-order valence-electron chi connectivity index (χ1n) is 4.17. The third-order valence-electron chi connectivity index (χ3n) is 2.52. The Kier molecular flexibility index (Phi) is 4.12. The Labute approximate surface area is 71.6 Å². The quantitative estimate of drug-likeness (QED) is 0.606. The maximum atomic E-state index is 5.76. The molecule has 0 aliphatic carbocycles. The molecule has 0 heterocycles. The largest absolute Gasteiger partial charge is 0.351 e. The third-order valence-corrected chi connectivity index (χ3v) is 2.52. The highest BCUT2D eigenvalue weighted by molar-refractivity contribution is 6.04. The van der Waals surface area contributed by atoms with Crippen LogP contribution in [-0.2, 0) is 0 Å². The lowest BCUT2D eigenvalue weighted by Crippen LogP contribution is -2.45. The summed E-state index contributed by atoms with van der Waals surface area (Å²) in [5.41, 5.74) is 5.72. The van der Waals surface area contributed by atoms with Crippen molar-refractivity contribution in [2.75, 3.05) is 13.1 Å². The molecule has 0 aliphatic rings. The zero-order valence-corrected chi connectivity index (χ0v) is 8.09. The maximum Gasteiger partial charge on any atom is 0.182 e. The van der Waals surface area contributed by atoms with Gasteiger partial charge in [-0.15, -0.1) is 0 Å². The van der Waals surface area contributed by atoms with E-state index >= 15 is 0 Å². The summed E-state index contributed by atoms with van der Waals surface area (Å²) in [6.45, 7) is 9.95. The highest BCUT2D eigenvalue weighted by Gasteiger charge is 2.25. The monoisotopic (exact) mass is 154 g/mol. The Morgan fingerprint density at radius 2 is 2.00 bits per heavy atom. The molecule has 0 saturated carbocycles. The lowest BCUT2D eigenvalue weighted by atomic mass is 9.83. The Hall–Kier alpha value is -0.0151. The third kappa shape index (κ3) is 2.84. The van der Waals surface area contributed by atoms with Crippen LogP contribution < -0.4 is 5.73 Å². The van der Waals surface area contributed by atoms with E-state index in [9.17, 15) is 0 Å². The van der Waals surface area contributed by atoms with E-state index in [1.807, 2.05) is 11.7 Å². The van der Waals surface area contributed by atoms with Gasteiger partial charge in [0.15, 0.2) is 7.98 Å². The number of hydrogen-bond donors (Lipinski definition) is 1.